The van der Waals surface area contributed by atoms with Crippen LogP contribution in [-0.2, 0) is 23.6 Å². The van der Waals surface area contributed by atoms with Gasteiger partial charge < -0.3 is 24.6 Å². The van der Waals surface area contributed by atoms with Gasteiger partial charge >= 0.3 is 19.7 Å². The van der Waals surface area contributed by atoms with Crippen LogP contribution in [-0.4, -0.2) is 49.0 Å². The number of nitrogens with one attached hydrogen (secondary N) is 1. The summed E-state index contributed by atoms with van der Waals surface area (Å²) in [6.07, 6.45) is 0.634. The molecule has 10 heteroatoms. The second-order valence-electron chi connectivity index (χ2n) is 2.99. The fraction of sp³-hybridized carbons (Fsp3) is 0.750. The Morgan fingerprint density at radius 1 is 1.11 bits per heavy atom. The maximum Gasteiger partial charge on any atom is 0.397 e. The van der Waals surface area contributed by atoms with Crippen LogP contribution in [0.25, 0.3) is 0 Å². The standard InChI is InChI=1S/C8H15NO4.H4NO3P/c1-12-7(10)3-5-9-6-4-8(11)13-2;1-5(2,3)4/h9H,3-6H2,1-2H3;(H4,1,2,3,4). The highest BCUT2D eigenvalue weighted by Crippen LogP contribution is 2.20. The lowest BCUT2D eigenvalue weighted by Crippen LogP contribution is -2.22. The summed E-state index contributed by atoms with van der Waals surface area (Å²) in [4.78, 5) is 36.0. The predicted molar refractivity (Wildman–Crippen MR) is 62.4 cm³/mol. The molecule has 18 heavy (non-hydrogen) atoms. The normalized spacial score (nSPS) is 10.1. The highest BCUT2D eigenvalue weighted by Gasteiger charge is 2.01. The van der Waals surface area contributed by atoms with Gasteiger partial charge in [-0.2, -0.15) is 0 Å². The molecule has 0 spiro atoms. The van der Waals surface area contributed by atoms with Gasteiger partial charge in [-0.25, -0.2) is 10.1 Å². The van der Waals surface area contributed by atoms with Crippen molar-refractivity contribution in [2.45, 2.75) is 12.8 Å². The molecule has 9 nitrogen and oxygen atoms in total. The third-order valence-electron chi connectivity index (χ3n) is 1.47. The van der Waals surface area contributed by atoms with Crippen molar-refractivity contribution in [2.75, 3.05) is 27.3 Å². The minimum atomic E-state index is -4.14. The predicted octanol–water partition coefficient (Wildman–Crippen LogP) is -1.26. The van der Waals surface area contributed by atoms with Crippen molar-refractivity contribution < 1.29 is 33.4 Å². The molecule has 0 radical (unpaired) electrons. The zero-order valence-corrected chi connectivity index (χ0v) is 11.2. The highest BCUT2D eigenvalue weighted by molar-refractivity contribution is 7.49. The smallest absolute Gasteiger partial charge is 0.397 e. The van der Waals surface area contributed by atoms with Gasteiger partial charge in [-0.15, -0.1) is 0 Å². The van der Waals surface area contributed by atoms with Crippen LogP contribution in [0.15, 0.2) is 0 Å². The summed E-state index contributed by atoms with van der Waals surface area (Å²) >= 11 is 0. The van der Waals surface area contributed by atoms with Crippen molar-refractivity contribution in [3.05, 3.63) is 0 Å². The molecule has 0 rings (SSSR count). The Bertz CT molecular complexity index is 265. The molecule has 0 aromatic carbocycles. The van der Waals surface area contributed by atoms with Gasteiger partial charge in [0.2, 0.25) is 0 Å². The fourth-order valence-electron chi connectivity index (χ4n) is 0.710. The molecule has 0 fully saturated rings. The molecule has 0 aliphatic rings. The number of hydrogen-bond donors (Lipinski definition) is 4. The Morgan fingerprint density at radius 2 is 1.39 bits per heavy atom. The lowest BCUT2D eigenvalue weighted by Gasteiger charge is -2.02. The Balaban J connectivity index is 0. The number of rotatable bonds is 6. The number of ether oxygens (including phenoxy) is 2. The number of carbonyl (C=O) groups is 2. The zero-order valence-electron chi connectivity index (χ0n) is 10.3. The van der Waals surface area contributed by atoms with Crippen LogP contribution in [0.4, 0.5) is 0 Å². The van der Waals surface area contributed by atoms with E-state index in [1.54, 1.807) is 0 Å². The molecular weight excluding hydrogens is 267 g/mol. The van der Waals surface area contributed by atoms with E-state index in [4.69, 9.17) is 14.4 Å². The lowest BCUT2D eigenvalue weighted by molar-refractivity contribution is -0.140. The molecule has 0 saturated carbocycles. The molecule has 0 bridgehead atoms. The molecule has 0 atom stereocenters. The summed E-state index contributed by atoms with van der Waals surface area (Å²) in [5.41, 5.74) is 4.02. The fourth-order valence-corrected chi connectivity index (χ4v) is 0.710. The van der Waals surface area contributed by atoms with Crippen molar-refractivity contribution in [1.29, 1.82) is 0 Å². The first-order chi connectivity index (χ1) is 8.20. The average molecular weight is 286 g/mol. The van der Waals surface area contributed by atoms with Gasteiger partial charge in [0, 0.05) is 13.1 Å². The van der Waals surface area contributed by atoms with E-state index in [2.05, 4.69) is 20.3 Å². The topological polar surface area (TPSA) is 148 Å². The second kappa shape index (κ2) is 11.1. The minimum absolute atomic E-state index is 0.259. The van der Waals surface area contributed by atoms with E-state index in [1.165, 1.54) is 14.2 Å². The maximum atomic E-state index is 10.6. The lowest BCUT2D eigenvalue weighted by atomic mass is 10.4. The number of hydrogen-bond acceptors (Lipinski definition) is 6. The summed E-state index contributed by atoms with van der Waals surface area (Å²) in [5, 5.41) is 2.91. The molecule has 0 aromatic rings. The Labute approximate surface area is 105 Å². The Hall–Kier alpha value is -0.990. The maximum absolute atomic E-state index is 10.6. The second-order valence-corrected chi connectivity index (χ2v) is 4.17. The van der Waals surface area contributed by atoms with E-state index in [9.17, 15) is 9.59 Å². The first-order valence-corrected chi connectivity index (χ1v) is 6.57. The monoisotopic (exact) mass is 286 g/mol. The van der Waals surface area contributed by atoms with E-state index < -0.39 is 7.75 Å². The zero-order chi connectivity index (χ0) is 14.6. The number of methoxy groups -OCH3 is 2. The van der Waals surface area contributed by atoms with Crippen molar-refractivity contribution in [2.24, 2.45) is 5.50 Å². The van der Waals surface area contributed by atoms with Crippen molar-refractivity contribution in [3.8, 4) is 0 Å². The molecule has 0 amide bonds. The van der Waals surface area contributed by atoms with Crippen LogP contribution in [0.2, 0.25) is 0 Å². The molecule has 0 aromatic heterocycles. The van der Waals surface area contributed by atoms with Crippen LogP contribution in [0, 0.1) is 0 Å². The Morgan fingerprint density at radius 3 is 1.61 bits per heavy atom. The first kappa shape index (κ1) is 19.4. The van der Waals surface area contributed by atoms with Crippen LogP contribution in [0.5, 0.6) is 0 Å². The summed E-state index contributed by atoms with van der Waals surface area (Å²) < 4.78 is 18.0. The number of esters is 2. The van der Waals surface area contributed by atoms with Crippen LogP contribution in [0.3, 0.4) is 0 Å². The van der Waals surface area contributed by atoms with Crippen LogP contribution >= 0.6 is 7.75 Å². The summed E-state index contributed by atoms with van der Waals surface area (Å²) in [5.74, 6) is -0.517. The quantitative estimate of drug-likeness (QED) is 0.266. The molecule has 108 valence electrons. The molecule has 5 N–H and O–H groups in total. The third-order valence-corrected chi connectivity index (χ3v) is 1.47. The molecule has 0 aliphatic carbocycles. The van der Waals surface area contributed by atoms with E-state index in [0.29, 0.717) is 25.9 Å². The van der Waals surface area contributed by atoms with Crippen molar-refractivity contribution >= 4 is 19.7 Å². The minimum Gasteiger partial charge on any atom is -0.469 e. The van der Waals surface area contributed by atoms with E-state index in [0.717, 1.165) is 0 Å². The van der Waals surface area contributed by atoms with Crippen molar-refractivity contribution in [1.82, 2.24) is 5.32 Å². The molecule has 0 aliphatic heterocycles. The average Bonchev–Trinajstić information content (AvgIpc) is 2.25. The van der Waals surface area contributed by atoms with Crippen LogP contribution in [0.1, 0.15) is 12.8 Å². The van der Waals surface area contributed by atoms with Gasteiger partial charge in [-0.3, -0.25) is 9.59 Å². The van der Waals surface area contributed by atoms with E-state index >= 15 is 0 Å². The van der Waals surface area contributed by atoms with E-state index in [-0.39, 0.29) is 11.9 Å². The molecule has 0 saturated heterocycles. The van der Waals surface area contributed by atoms with Gasteiger partial charge in [0.25, 0.3) is 0 Å². The Kier molecular flexibility index (Phi) is 12.0. The largest absolute Gasteiger partial charge is 0.469 e. The van der Waals surface area contributed by atoms with Gasteiger partial charge in [0.15, 0.2) is 0 Å². The summed E-state index contributed by atoms with van der Waals surface area (Å²) in [6, 6.07) is 0. The SMILES string of the molecule is COC(=O)CCNCCC(=O)OC.NP(=O)(O)O. The van der Waals surface area contributed by atoms with Gasteiger partial charge in [0.05, 0.1) is 27.1 Å². The van der Waals surface area contributed by atoms with Gasteiger partial charge in [0.1, 0.15) is 0 Å². The van der Waals surface area contributed by atoms with Crippen molar-refractivity contribution in [3.63, 3.8) is 0 Å². The number of carbonyl (C=O) groups excluding carboxylic acids is 2. The summed E-state index contributed by atoms with van der Waals surface area (Å²) in [7, 11) is -1.45. The molecule has 0 heterocycles. The van der Waals surface area contributed by atoms with E-state index in [1.807, 2.05) is 0 Å². The van der Waals surface area contributed by atoms with Gasteiger partial charge in [-0.1, -0.05) is 0 Å². The number of nitrogens with two attached hydrogens (primary N) is 1. The molecule has 0 unspecified atom stereocenters. The third kappa shape index (κ3) is 24.3. The first-order valence-electron chi connectivity index (χ1n) is 4.89. The summed E-state index contributed by atoms with van der Waals surface area (Å²) in [6.45, 7) is 1.04. The molecular formula is C8H19N2O7P. The van der Waals surface area contributed by atoms with Crippen LogP contribution < -0.4 is 10.8 Å². The highest BCUT2D eigenvalue weighted by atomic mass is 31.2. The van der Waals surface area contributed by atoms with Gasteiger partial charge in [-0.05, 0) is 0 Å².